The lowest BCUT2D eigenvalue weighted by Crippen LogP contribution is -2.46. The van der Waals surface area contributed by atoms with Gasteiger partial charge in [-0.05, 0) is 57.1 Å². The fourth-order valence-electron chi connectivity index (χ4n) is 3.79. The van der Waals surface area contributed by atoms with Crippen molar-refractivity contribution in [3.63, 3.8) is 0 Å². The van der Waals surface area contributed by atoms with Crippen LogP contribution in [0.5, 0.6) is 0 Å². The number of hydrogen-bond acceptors (Lipinski definition) is 5. The number of nitrogens with zero attached hydrogens (tertiary/aromatic N) is 4. The first-order chi connectivity index (χ1) is 11.0. The molecule has 5 heteroatoms. The second-order valence-corrected chi connectivity index (χ2v) is 7.56. The average molecular weight is 318 g/mol. The van der Waals surface area contributed by atoms with Crippen LogP contribution in [-0.2, 0) is 0 Å². The largest absolute Gasteiger partial charge is 0.389 e. The van der Waals surface area contributed by atoms with Crippen molar-refractivity contribution in [1.29, 1.82) is 0 Å². The van der Waals surface area contributed by atoms with Crippen molar-refractivity contribution in [3.05, 3.63) is 17.8 Å². The van der Waals surface area contributed by atoms with Crippen LogP contribution in [0.25, 0.3) is 0 Å². The van der Waals surface area contributed by atoms with Gasteiger partial charge in [0.2, 0.25) is 0 Å². The summed E-state index contributed by atoms with van der Waals surface area (Å²) < 4.78 is 0. The molecule has 23 heavy (non-hydrogen) atoms. The average Bonchev–Trinajstić information content (AvgIpc) is 2.77. The first kappa shape index (κ1) is 16.7. The molecule has 0 bridgehead atoms. The molecule has 0 amide bonds. The molecule has 5 nitrogen and oxygen atoms in total. The van der Waals surface area contributed by atoms with Gasteiger partial charge in [0.25, 0.3) is 0 Å². The molecule has 1 aliphatic heterocycles. The Bertz CT molecular complexity index is 496. The van der Waals surface area contributed by atoms with Gasteiger partial charge in [-0.25, -0.2) is 0 Å². The fraction of sp³-hybridized carbons (Fsp3) is 0.778. The van der Waals surface area contributed by atoms with Gasteiger partial charge in [-0.1, -0.05) is 6.92 Å². The number of aliphatic hydroxyl groups is 1. The van der Waals surface area contributed by atoms with E-state index in [0.29, 0.717) is 0 Å². The van der Waals surface area contributed by atoms with Gasteiger partial charge in [0.05, 0.1) is 11.3 Å². The van der Waals surface area contributed by atoms with E-state index < -0.39 is 5.60 Å². The third-order valence-electron chi connectivity index (χ3n) is 5.42. The smallest absolute Gasteiger partial charge is 0.151 e. The Morgan fingerprint density at radius 1 is 1.13 bits per heavy atom. The Hall–Kier alpha value is -1.20. The highest BCUT2D eigenvalue weighted by Crippen LogP contribution is 2.32. The SMILES string of the molecule is Cc1ccc(N2CCCN(CC3(O)CCC(C)CC3)CC2)nn1. The molecule has 0 radical (unpaired) electrons. The predicted molar refractivity (Wildman–Crippen MR) is 92.6 cm³/mol. The number of aryl methyl sites for hydroxylation is 1. The highest BCUT2D eigenvalue weighted by Gasteiger charge is 2.34. The molecule has 2 heterocycles. The van der Waals surface area contributed by atoms with E-state index in [2.05, 4.69) is 33.0 Å². The molecule has 3 rings (SSSR count). The zero-order chi connectivity index (χ0) is 16.3. The number of anilines is 1. The van der Waals surface area contributed by atoms with Gasteiger partial charge in [-0.2, -0.15) is 5.10 Å². The summed E-state index contributed by atoms with van der Waals surface area (Å²) >= 11 is 0. The maximum atomic E-state index is 10.9. The summed E-state index contributed by atoms with van der Waals surface area (Å²) in [5, 5.41) is 19.4. The Balaban J connectivity index is 1.55. The van der Waals surface area contributed by atoms with Crippen LogP contribution < -0.4 is 4.90 Å². The second-order valence-electron chi connectivity index (χ2n) is 7.56. The van der Waals surface area contributed by atoms with E-state index in [1.54, 1.807) is 0 Å². The van der Waals surface area contributed by atoms with Crippen LogP contribution in [-0.4, -0.2) is 58.5 Å². The zero-order valence-electron chi connectivity index (χ0n) is 14.5. The molecule has 1 saturated carbocycles. The zero-order valence-corrected chi connectivity index (χ0v) is 14.5. The van der Waals surface area contributed by atoms with Crippen molar-refractivity contribution >= 4 is 5.82 Å². The first-order valence-electron chi connectivity index (χ1n) is 9.04. The Kier molecular flexibility index (Phi) is 5.17. The van der Waals surface area contributed by atoms with E-state index in [4.69, 9.17) is 0 Å². The van der Waals surface area contributed by atoms with E-state index in [0.717, 1.165) is 82.3 Å². The topological polar surface area (TPSA) is 52.5 Å². The summed E-state index contributed by atoms with van der Waals surface area (Å²) in [7, 11) is 0. The molecule has 1 aromatic rings. The summed E-state index contributed by atoms with van der Waals surface area (Å²) in [4.78, 5) is 4.76. The maximum absolute atomic E-state index is 10.9. The first-order valence-corrected chi connectivity index (χ1v) is 9.04. The minimum atomic E-state index is -0.467. The van der Waals surface area contributed by atoms with Crippen LogP contribution in [0.1, 0.15) is 44.7 Å². The van der Waals surface area contributed by atoms with E-state index in [1.807, 2.05) is 13.0 Å². The summed E-state index contributed by atoms with van der Waals surface area (Å²) in [5.41, 5.74) is 0.490. The second kappa shape index (κ2) is 7.14. The number of hydrogen-bond donors (Lipinski definition) is 1. The van der Waals surface area contributed by atoms with E-state index in [9.17, 15) is 5.11 Å². The normalized spacial score (nSPS) is 30.2. The van der Waals surface area contributed by atoms with Gasteiger partial charge in [0.1, 0.15) is 0 Å². The summed E-state index contributed by atoms with van der Waals surface area (Å²) in [6.45, 7) is 9.13. The van der Waals surface area contributed by atoms with Gasteiger partial charge in [-0.3, -0.25) is 4.90 Å². The Morgan fingerprint density at radius 2 is 1.91 bits per heavy atom. The van der Waals surface area contributed by atoms with Crippen molar-refractivity contribution in [3.8, 4) is 0 Å². The molecule has 2 aliphatic rings. The number of aromatic nitrogens is 2. The molecule has 0 aromatic carbocycles. The minimum Gasteiger partial charge on any atom is -0.389 e. The third kappa shape index (κ3) is 4.42. The molecule has 0 spiro atoms. The fourth-order valence-corrected chi connectivity index (χ4v) is 3.79. The van der Waals surface area contributed by atoms with Crippen LogP contribution in [0.4, 0.5) is 5.82 Å². The van der Waals surface area contributed by atoms with E-state index >= 15 is 0 Å². The van der Waals surface area contributed by atoms with Crippen LogP contribution in [0.15, 0.2) is 12.1 Å². The highest BCUT2D eigenvalue weighted by atomic mass is 16.3. The molecule has 1 aliphatic carbocycles. The summed E-state index contributed by atoms with van der Waals surface area (Å²) in [5.74, 6) is 1.75. The molecular formula is C18H30N4O. The Labute approximate surface area is 139 Å². The molecule has 2 fully saturated rings. The van der Waals surface area contributed by atoms with Gasteiger partial charge >= 0.3 is 0 Å². The lowest BCUT2D eigenvalue weighted by Gasteiger charge is -2.38. The Morgan fingerprint density at radius 3 is 2.61 bits per heavy atom. The van der Waals surface area contributed by atoms with Crippen LogP contribution in [0.3, 0.4) is 0 Å². The van der Waals surface area contributed by atoms with Crippen molar-refractivity contribution < 1.29 is 5.11 Å². The third-order valence-corrected chi connectivity index (χ3v) is 5.42. The molecule has 1 saturated heterocycles. The van der Waals surface area contributed by atoms with Gasteiger partial charge < -0.3 is 10.0 Å². The standard InChI is InChI=1S/C18H30N4O/c1-15-6-8-18(23,9-7-15)14-21-10-3-11-22(13-12-21)17-5-4-16(2)19-20-17/h4-5,15,23H,3,6-14H2,1-2H3. The number of rotatable bonds is 3. The predicted octanol–water partition coefficient (Wildman–Crippen LogP) is 2.24. The van der Waals surface area contributed by atoms with Crippen LogP contribution in [0, 0.1) is 12.8 Å². The lowest BCUT2D eigenvalue weighted by molar-refractivity contribution is -0.0337. The molecule has 1 aromatic heterocycles. The number of β-amino-alcohol motifs (C(OH)–C–C–N with tert-alkyl or cyclic N) is 1. The quantitative estimate of drug-likeness (QED) is 0.926. The summed E-state index contributed by atoms with van der Waals surface area (Å²) in [6.07, 6.45) is 5.35. The van der Waals surface area contributed by atoms with Gasteiger partial charge in [0.15, 0.2) is 5.82 Å². The minimum absolute atomic E-state index is 0.467. The molecular weight excluding hydrogens is 288 g/mol. The molecule has 1 N–H and O–H groups in total. The van der Waals surface area contributed by atoms with Crippen LogP contribution >= 0.6 is 0 Å². The highest BCUT2D eigenvalue weighted by molar-refractivity contribution is 5.37. The van der Waals surface area contributed by atoms with Crippen molar-refractivity contribution in [2.75, 3.05) is 37.6 Å². The molecule has 128 valence electrons. The van der Waals surface area contributed by atoms with Crippen molar-refractivity contribution in [1.82, 2.24) is 15.1 Å². The molecule has 0 unspecified atom stereocenters. The van der Waals surface area contributed by atoms with Gasteiger partial charge in [0, 0.05) is 32.7 Å². The van der Waals surface area contributed by atoms with Crippen molar-refractivity contribution in [2.24, 2.45) is 5.92 Å². The summed E-state index contributed by atoms with van der Waals surface area (Å²) in [6, 6.07) is 4.09. The lowest BCUT2D eigenvalue weighted by atomic mass is 9.79. The monoisotopic (exact) mass is 318 g/mol. The van der Waals surface area contributed by atoms with E-state index in [1.165, 1.54) is 0 Å². The van der Waals surface area contributed by atoms with Crippen LogP contribution in [0.2, 0.25) is 0 Å². The van der Waals surface area contributed by atoms with E-state index in [-0.39, 0.29) is 0 Å². The van der Waals surface area contributed by atoms with Gasteiger partial charge in [-0.15, -0.1) is 5.10 Å². The van der Waals surface area contributed by atoms with Crippen molar-refractivity contribution in [2.45, 2.75) is 51.6 Å². The molecule has 0 atom stereocenters. The maximum Gasteiger partial charge on any atom is 0.151 e.